The number of hydrogen-bond acceptors (Lipinski definition) is 1. The highest BCUT2D eigenvalue weighted by atomic mass is 14.7. The van der Waals surface area contributed by atoms with Gasteiger partial charge in [0.1, 0.15) is 0 Å². The van der Waals surface area contributed by atoms with Crippen LogP contribution in [0.3, 0.4) is 0 Å². The summed E-state index contributed by atoms with van der Waals surface area (Å²) in [5.41, 5.74) is 5.35. The van der Waals surface area contributed by atoms with Gasteiger partial charge >= 0.3 is 0 Å². The van der Waals surface area contributed by atoms with Crippen LogP contribution >= 0.6 is 0 Å². The molecule has 0 heterocycles. The molecule has 1 aliphatic carbocycles. The van der Waals surface area contributed by atoms with E-state index >= 15 is 0 Å². The van der Waals surface area contributed by atoms with Gasteiger partial charge in [-0.05, 0) is 17.7 Å². The Kier molecular flexibility index (Phi) is 2.75. The number of benzene rings is 1. The molecule has 14 heavy (non-hydrogen) atoms. The molecule has 0 aliphatic heterocycles. The van der Waals surface area contributed by atoms with E-state index in [1.165, 1.54) is 5.56 Å². The van der Waals surface area contributed by atoms with Crippen LogP contribution in [0.1, 0.15) is 5.56 Å². The van der Waals surface area contributed by atoms with Crippen molar-refractivity contribution < 1.29 is 0 Å². The van der Waals surface area contributed by atoms with Gasteiger partial charge in [0.05, 0.1) is 6.54 Å². The fourth-order valence-electron chi connectivity index (χ4n) is 1.26. The van der Waals surface area contributed by atoms with Crippen LogP contribution in [0.4, 0.5) is 0 Å². The molecule has 0 amide bonds. The zero-order chi connectivity index (χ0) is 9.64. The smallest absolute Gasteiger partial charge is 0.0640 e. The lowest BCUT2D eigenvalue weighted by Crippen LogP contribution is -1.82. The predicted molar refractivity (Wildman–Crippen MR) is 59.4 cm³/mol. The Balaban J connectivity index is 1.95. The van der Waals surface area contributed by atoms with E-state index < -0.39 is 0 Å². The molecule has 1 aromatic carbocycles. The van der Waals surface area contributed by atoms with Crippen LogP contribution in [0.5, 0.6) is 0 Å². The summed E-state index contributed by atoms with van der Waals surface area (Å²) >= 11 is 0. The standard InChI is InChI=1S/C13H11N/c1-2-6-12(7-3-1)10-14-11-13-8-4-5-9-13/h1-8,11H,10H2. The summed E-state index contributed by atoms with van der Waals surface area (Å²) in [6.45, 7) is 0.736. The van der Waals surface area contributed by atoms with Crippen molar-refractivity contribution in [3.05, 3.63) is 65.4 Å². The molecule has 2 rings (SSSR count). The third-order valence-corrected chi connectivity index (χ3v) is 1.97. The normalized spacial score (nSPS) is 13.9. The number of allylic oxidation sites excluding steroid dienone is 3. The summed E-state index contributed by atoms with van der Waals surface area (Å²) in [6.07, 6.45) is 7.70. The average Bonchev–Trinajstić information content (AvgIpc) is 2.72. The van der Waals surface area contributed by atoms with Gasteiger partial charge in [0.2, 0.25) is 0 Å². The van der Waals surface area contributed by atoms with E-state index in [0.29, 0.717) is 0 Å². The highest BCUT2D eigenvalue weighted by molar-refractivity contribution is 5.83. The molecule has 0 unspecified atom stereocenters. The Morgan fingerprint density at radius 2 is 2.07 bits per heavy atom. The lowest BCUT2D eigenvalue weighted by atomic mass is 10.2. The van der Waals surface area contributed by atoms with Crippen LogP contribution in [0.15, 0.2) is 64.9 Å². The van der Waals surface area contributed by atoms with Crippen molar-refractivity contribution in [3.8, 4) is 0 Å². The monoisotopic (exact) mass is 181 g/mol. The second-order valence-electron chi connectivity index (χ2n) is 3.08. The molecule has 0 bridgehead atoms. The van der Waals surface area contributed by atoms with Crippen molar-refractivity contribution in [2.45, 2.75) is 6.54 Å². The van der Waals surface area contributed by atoms with Gasteiger partial charge in [0, 0.05) is 11.8 Å². The van der Waals surface area contributed by atoms with Gasteiger partial charge < -0.3 is 0 Å². The van der Waals surface area contributed by atoms with Gasteiger partial charge in [-0.25, -0.2) is 0 Å². The summed E-state index contributed by atoms with van der Waals surface area (Å²) in [7, 11) is 0. The maximum absolute atomic E-state index is 4.33. The van der Waals surface area contributed by atoms with Gasteiger partial charge in [-0.2, -0.15) is 0 Å². The molecule has 0 fully saturated rings. The fraction of sp³-hybridized carbons (Fsp3) is 0.0769. The molecule has 0 spiro atoms. The Labute approximate surface area is 83.8 Å². The number of aliphatic imine (C=N–C) groups is 1. The molecule has 0 saturated carbocycles. The summed E-state index contributed by atoms with van der Waals surface area (Å²) in [5, 5.41) is 0. The first-order valence-corrected chi connectivity index (χ1v) is 4.62. The fourth-order valence-corrected chi connectivity index (χ4v) is 1.26. The first-order valence-electron chi connectivity index (χ1n) is 4.62. The second kappa shape index (κ2) is 4.40. The van der Waals surface area contributed by atoms with Crippen LogP contribution in [0, 0.1) is 0 Å². The van der Waals surface area contributed by atoms with Gasteiger partial charge in [0.25, 0.3) is 0 Å². The third-order valence-electron chi connectivity index (χ3n) is 1.97. The first-order chi connectivity index (χ1) is 6.95. The lowest BCUT2D eigenvalue weighted by molar-refractivity contribution is 1.08. The van der Waals surface area contributed by atoms with Gasteiger partial charge in [-0.1, -0.05) is 36.4 Å². The van der Waals surface area contributed by atoms with E-state index in [4.69, 9.17) is 0 Å². The van der Waals surface area contributed by atoms with E-state index in [-0.39, 0.29) is 0 Å². The predicted octanol–water partition coefficient (Wildman–Crippen LogP) is 2.91. The Morgan fingerprint density at radius 1 is 1.21 bits per heavy atom. The average molecular weight is 181 g/mol. The van der Waals surface area contributed by atoms with Crippen LogP contribution in [0.2, 0.25) is 0 Å². The van der Waals surface area contributed by atoms with Crippen molar-refractivity contribution in [1.82, 2.24) is 0 Å². The number of rotatable bonds is 3. The van der Waals surface area contributed by atoms with Gasteiger partial charge in [0.15, 0.2) is 0 Å². The Bertz CT molecular complexity index is 418. The van der Waals surface area contributed by atoms with E-state index in [1.54, 1.807) is 0 Å². The molecule has 1 nitrogen and oxygen atoms in total. The van der Waals surface area contributed by atoms with Crippen LogP contribution in [-0.2, 0) is 6.54 Å². The molecule has 1 aliphatic rings. The highest BCUT2D eigenvalue weighted by Crippen LogP contribution is 2.02. The molecule has 0 atom stereocenters. The lowest BCUT2D eigenvalue weighted by Gasteiger charge is -1.93. The van der Waals surface area contributed by atoms with E-state index in [9.17, 15) is 0 Å². The van der Waals surface area contributed by atoms with Crippen molar-refractivity contribution in [1.29, 1.82) is 0 Å². The quantitative estimate of drug-likeness (QED) is 0.502. The van der Waals surface area contributed by atoms with Crippen molar-refractivity contribution in [3.63, 3.8) is 0 Å². The first kappa shape index (κ1) is 8.74. The van der Waals surface area contributed by atoms with E-state index in [2.05, 4.69) is 22.9 Å². The Morgan fingerprint density at radius 3 is 2.79 bits per heavy atom. The molecule has 0 N–H and O–H groups in total. The van der Waals surface area contributed by atoms with Gasteiger partial charge in [-0.15, -0.1) is 5.73 Å². The van der Waals surface area contributed by atoms with E-state index in [0.717, 1.165) is 12.1 Å². The Hall–Kier alpha value is -1.85. The zero-order valence-electron chi connectivity index (χ0n) is 7.85. The minimum Gasteiger partial charge on any atom is -0.287 e. The van der Waals surface area contributed by atoms with Crippen LogP contribution < -0.4 is 0 Å². The zero-order valence-corrected chi connectivity index (χ0v) is 7.85. The SMILES string of the molecule is C1=CC=CC=1C=NCc1ccccc1. The summed E-state index contributed by atoms with van der Waals surface area (Å²) in [6, 6.07) is 10.2. The maximum Gasteiger partial charge on any atom is 0.0640 e. The second-order valence-corrected chi connectivity index (χ2v) is 3.08. The summed E-state index contributed by atoms with van der Waals surface area (Å²) in [5.74, 6) is 0. The molecule has 0 aromatic heterocycles. The van der Waals surface area contributed by atoms with Crippen LogP contribution in [-0.4, -0.2) is 6.21 Å². The molecule has 1 aromatic rings. The molecule has 0 saturated heterocycles. The minimum absolute atomic E-state index is 0.736. The van der Waals surface area contributed by atoms with Gasteiger partial charge in [-0.3, -0.25) is 4.99 Å². The molecule has 0 radical (unpaired) electrons. The van der Waals surface area contributed by atoms with E-state index in [1.807, 2.05) is 42.6 Å². The van der Waals surface area contributed by atoms with Crippen molar-refractivity contribution in [2.24, 2.45) is 4.99 Å². The van der Waals surface area contributed by atoms with Crippen LogP contribution in [0.25, 0.3) is 0 Å². The molecular weight excluding hydrogens is 170 g/mol. The highest BCUT2D eigenvalue weighted by Gasteiger charge is 1.89. The molecule has 68 valence electrons. The number of hydrogen-bond donors (Lipinski definition) is 0. The van der Waals surface area contributed by atoms with Crippen molar-refractivity contribution >= 4 is 6.21 Å². The molecule has 1 heteroatoms. The molecular formula is C13H11N. The third kappa shape index (κ3) is 2.32. The van der Waals surface area contributed by atoms with Crippen molar-refractivity contribution in [2.75, 3.05) is 0 Å². The minimum atomic E-state index is 0.736. The number of nitrogens with zero attached hydrogens (tertiary/aromatic N) is 1. The largest absolute Gasteiger partial charge is 0.287 e. The maximum atomic E-state index is 4.33. The summed E-state index contributed by atoms with van der Waals surface area (Å²) < 4.78 is 0. The summed E-state index contributed by atoms with van der Waals surface area (Å²) in [4.78, 5) is 4.33. The topological polar surface area (TPSA) is 12.4 Å².